The number of benzene rings is 1. The second kappa shape index (κ2) is 6.83. The molecule has 1 fully saturated rings. The van der Waals surface area contributed by atoms with E-state index in [4.69, 9.17) is 0 Å². The number of nitrogens with zero attached hydrogens (tertiary/aromatic N) is 4. The van der Waals surface area contributed by atoms with Crippen molar-refractivity contribution in [3.63, 3.8) is 0 Å². The Labute approximate surface area is 165 Å². The fourth-order valence-electron chi connectivity index (χ4n) is 3.87. The molecule has 0 N–H and O–H groups in total. The summed E-state index contributed by atoms with van der Waals surface area (Å²) in [7, 11) is 0. The van der Waals surface area contributed by atoms with Gasteiger partial charge in [-0.25, -0.2) is 0 Å². The Hall–Kier alpha value is -3.06. The van der Waals surface area contributed by atoms with Gasteiger partial charge < -0.3 is 4.90 Å². The van der Waals surface area contributed by atoms with E-state index in [9.17, 15) is 9.59 Å². The second-order valence-corrected chi connectivity index (χ2v) is 8.05. The van der Waals surface area contributed by atoms with E-state index in [0.29, 0.717) is 23.4 Å². The zero-order valence-corrected chi connectivity index (χ0v) is 15.9. The summed E-state index contributed by atoms with van der Waals surface area (Å²) in [6, 6.07) is 15.1. The molecule has 1 amide bonds. The average molecular weight is 390 g/mol. The Morgan fingerprint density at radius 2 is 1.82 bits per heavy atom. The second-order valence-electron chi connectivity index (χ2n) is 7.04. The number of piperidine rings is 1. The van der Waals surface area contributed by atoms with Gasteiger partial charge >= 0.3 is 0 Å². The fourth-order valence-corrected chi connectivity index (χ4v) is 4.77. The molecule has 3 aromatic heterocycles. The molecule has 1 aliphatic rings. The topological polar surface area (TPSA) is 67.6 Å². The van der Waals surface area contributed by atoms with Gasteiger partial charge in [-0.15, -0.1) is 10.2 Å². The molecule has 28 heavy (non-hydrogen) atoms. The molecular formula is C21H18N4O2S. The van der Waals surface area contributed by atoms with Gasteiger partial charge in [-0.2, -0.15) is 0 Å². The minimum absolute atomic E-state index is 0.0580. The van der Waals surface area contributed by atoms with E-state index in [1.54, 1.807) is 6.07 Å². The first-order chi connectivity index (χ1) is 13.7. The highest BCUT2D eigenvalue weighted by Gasteiger charge is 2.28. The van der Waals surface area contributed by atoms with Crippen LogP contribution >= 0.6 is 11.3 Å². The lowest BCUT2D eigenvalue weighted by molar-refractivity contribution is 0.0715. The maximum atomic E-state index is 13.0. The molecule has 0 unspecified atom stereocenters. The number of fused-ring (bicyclic) bond motifs is 2. The van der Waals surface area contributed by atoms with Crippen LogP contribution in [0, 0.1) is 0 Å². The van der Waals surface area contributed by atoms with E-state index in [1.807, 2.05) is 58.0 Å². The maximum absolute atomic E-state index is 13.0. The minimum atomic E-state index is -0.0636. The van der Waals surface area contributed by atoms with Crippen LogP contribution in [0.25, 0.3) is 16.4 Å². The first kappa shape index (κ1) is 17.1. The van der Waals surface area contributed by atoms with Gasteiger partial charge in [0.25, 0.3) is 5.91 Å². The molecule has 1 aromatic carbocycles. The van der Waals surface area contributed by atoms with Crippen molar-refractivity contribution >= 4 is 33.7 Å². The Bertz CT molecular complexity index is 1240. The van der Waals surface area contributed by atoms with Crippen molar-refractivity contribution in [3.8, 4) is 0 Å². The van der Waals surface area contributed by atoms with Crippen LogP contribution in [-0.4, -0.2) is 38.5 Å². The average Bonchev–Trinajstić information content (AvgIpc) is 3.17. The Balaban J connectivity index is 1.35. The lowest BCUT2D eigenvalue weighted by Crippen LogP contribution is -2.38. The van der Waals surface area contributed by atoms with Crippen LogP contribution in [0.2, 0.25) is 0 Å². The zero-order chi connectivity index (χ0) is 19.1. The molecule has 5 rings (SSSR count). The van der Waals surface area contributed by atoms with Gasteiger partial charge in [-0.3, -0.25) is 14.0 Å². The molecule has 1 aliphatic heterocycles. The molecule has 4 aromatic rings. The fraction of sp³-hybridized carbons (Fsp3) is 0.238. The van der Waals surface area contributed by atoms with Crippen molar-refractivity contribution < 1.29 is 4.79 Å². The number of hydrogen-bond donors (Lipinski definition) is 0. The molecule has 0 aliphatic carbocycles. The lowest BCUT2D eigenvalue weighted by Gasteiger charge is -2.31. The van der Waals surface area contributed by atoms with E-state index < -0.39 is 0 Å². The molecule has 7 heteroatoms. The molecule has 0 spiro atoms. The predicted octanol–water partition coefficient (Wildman–Crippen LogP) is 3.32. The third-order valence-corrected chi connectivity index (χ3v) is 6.29. The van der Waals surface area contributed by atoms with Crippen LogP contribution < -0.4 is 4.74 Å². The van der Waals surface area contributed by atoms with Crippen molar-refractivity contribution in [3.05, 3.63) is 75.0 Å². The summed E-state index contributed by atoms with van der Waals surface area (Å²) in [6.07, 6.45) is 3.66. The van der Waals surface area contributed by atoms with Crippen LogP contribution in [0.15, 0.2) is 59.5 Å². The van der Waals surface area contributed by atoms with E-state index >= 15 is 0 Å². The van der Waals surface area contributed by atoms with Crippen molar-refractivity contribution in [2.75, 3.05) is 13.1 Å². The van der Waals surface area contributed by atoms with Gasteiger partial charge in [0.2, 0.25) is 4.74 Å². The molecule has 0 radical (unpaired) electrons. The standard InChI is InChI=1S/C21H18N4O2S/c26-20(17-13-15-5-1-2-6-16(15)21(27)28-17)24-11-8-14(9-12-24)19-23-22-18-7-3-4-10-25(18)19/h1-7,10,13-14H,8-9,11-12H2. The summed E-state index contributed by atoms with van der Waals surface area (Å²) in [4.78, 5) is 27.7. The Morgan fingerprint density at radius 3 is 2.68 bits per heavy atom. The van der Waals surface area contributed by atoms with Crippen LogP contribution in [0.4, 0.5) is 0 Å². The minimum Gasteiger partial charge on any atom is -0.338 e. The molecule has 4 heterocycles. The number of pyridine rings is 1. The predicted molar refractivity (Wildman–Crippen MR) is 109 cm³/mol. The highest BCUT2D eigenvalue weighted by atomic mass is 32.1. The molecule has 0 bridgehead atoms. The van der Waals surface area contributed by atoms with Gasteiger partial charge in [0.15, 0.2) is 5.65 Å². The van der Waals surface area contributed by atoms with Crippen molar-refractivity contribution in [1.29, 1.82) is 0 Å². The monoisotopic (exact) mass is 390 g/mol. The summed E-state index contributed by atoms with van der Waals surface area (Å²) >= 11 is 1.04. The first-order valence-corrected chi connectivity index (χ1v) is 10.1. The number of rotatable bonds is 2. The van der Waals surface area contributed by atoms with Gasteiger partial charge in [-0.1, -0.05) is 35.6 Å². The van der Waals surface area contributed by atoms with Crippen LogP contribution in [-0.2, 0) is 0 Å². The lowest BCUT2D eigenvalue weighted by atomic mass is 9.96. The van der Waals surface area contributed by atoms with Crippen molar-refractivity contribution in [2.45, 2.75) is 18.8 Å². The molecule has 6 nitrogen and oxygen atoms in total. The number of amides is 1. The van der Waals surface area contributed by atoms with Crippen LogP contribution in [0.1, 0.15) is 34.3 Å². The largest absolute Gasteiger partial charge is 0.338 e. The Kier molecular flexibility index (Phi) is 4.16. The normalized spacial score (nSPS) is 15.4. The van der Waals surface area contributed by atoms with Gasteiger partial charge in [-0.05, 0) is 42.5 Å². The summed E-state index contributed by atoms with van der Waals surface area (Å²) in [5.41, 5.74) is 0.844. The quantitative estimate of drug-likeness (QED) is 0.527. The highest BCUT2D eigenvalue weighted by Crippen LogP contribution is 2.28. The van der Waals surface area contributed by atoms with Crippen LogP contribution in [0.5, 0.6) is 0 Å². The van der Waals surface area contributed by atoms with Crippen molar-refractivity contribution in [1.82, 2.24) is 19.5 Å². The maximum Gasteiger partial charge on any atom is 0.264 e. The summed E-state index contributed by atoms with van der Waals surface area (Å²) in [6.45, 7) is 1.30. The summed E-state index contributed by atoms with van der Waals surface area (Å²) in [5.74, 6) is 1.17. The molecule has 1 saturated heterocycles. The van der Waals surface area contributed by atoms with E-state index in [2.05, 4.69) is 10.2 Å². The number of aromatic nitrogens is 3. The zero-order valence-electron chi connectivity index (χ0n) is 15.1. The summed E-state index contributed by atoms with van der Waals surface area (Å²) < 4.78 is 1.96. The molecule has 140 valence electrons. The summed E-state index contributed by atoms with van der Waals surface area (Å²) in [5, 5.41) is 10.1. The number of carbonyl (C=O) groups is 1. The highest BCUT2D eigenvalue weighted by molar-refractivity contribution is 7.12. The van der Waals surface area contributed by atoms with Crippen LogP contribution in [0.3, 0.4) is 0 Å². The number of likely N-dealkylation sites (tertiary alicyclic amines) is 1. The van der Waals surface area contributed by atoms with Gasteiger partial charge in [0.05, 0.1) is 4.88 Å². The number of carbonyl (C=O) groups excluding carboxylic acids is 1. The first-order valence-electron chi connectivity index (χ1n) is 9.32. The van der Waals surface area contributed by atoms with Gasteiger partial charge in [0, 0.05) is 30.6 Å². The number of hydrogen-bond acceptors (Lipinski definition) is 5. The third-order valence-electron chi connectivity index (χ3n) is 5.37. The van der Waals surface area contributed by atoms with E-state index in [-0.39, 0.29) is 16.6 Å². The Morgan fingerprint density at radius 1 is 1.04 bits per heavy atom. The SMILES string of the molecule is O=C(c1cc2ccccc2c(=O)s1)N1CCC(c2nnc3ccccn23)CC1. The van der Waals surface area contributed by atoms with E-state index in [0.717, 1.165) is 41.0 Å². The molecular weight excluding hydrogens is 372 g/mol. The van der Waals surface area contributed by atoms with Gasteiger partial charge in [0.1, 0.15) is 5.82 Å². The molecule has 0 atom stereocenters. The molecule has 0 saturated carbocycles. The third kappa shape index (κ3) is 2.88. The van der Waals surface area contributed by atoms with Crippen molar-refractivity contribution in [2.24, 2.45) is 0 Å². The smallest absolute Gasteiger partial charge is 0.264 e. The van der Waals surface area contributed by atoms with E-state index in [1.165, 1.54) is 0 Å².